The molecule has 0 spiro atoms. The van der Waals surface area contributed by atoms with Gasteiger partial charge in [-0.3, -0.25) is 0 Å². The molecule has 0 fully saturated rings. The molecule has 1 heterocycles. The van der Waals surface area contributed by atoms with Crippen molar-refractivity contribution in [3.8, 4) is 0 Å². The highest BCUT2D eigenvalue weighted by Crippen LogP contribution is 2.25. The molecule has 1 unspecified atom stereocenters. The van der Waals surface area contributed by atoms with Crippen LogP contribution in [0.2, 0.25) is 0 Å². The second-order valence-corrected chi connectivity index (χ2v) is 5.01. The second kappa shape index (κ2) is 4.95. The van der Waals surface area contributed by atoms with Gasteiger partial charge in [-0.2, -0.15) is 0 Å². The van der Waals surface area contributed by atoms with E-state index in [2.05, 4.69) is 17.1 Å². The molecule has 0 bridgehead atoms. The SMILES string of the molecule is CC(CCCl)Sc1nncs1. The van der Waals surface area contributed by atoms with Crippen molar-refractivity contribution in [1.82, 2.24) is 10.2 Å². The molecule has 1 rings (SSSR count). The van der Waals surface area contributed by atoms with Gasteiger partial charge < -0.3 is 0 Å². The van der Waals surface area contributed by atoms with Crippen LogP contribution in [0, 0.1) is 0 Å². The van der Waals surface area contributed by atoms with E-state index >= 15 is 0 Å². The zero-order valence-electron chi connectivity index (χ0n) is 6.16. The standard InChI is InChI=1S/C6H9ClN2S2/c1-5(2-3-7)11-6-9-8-4-10-6/h4-5H,2-3H2,1H3. The first-order chi connectivity index (χ1) is 5.33. The van der Waals surface area contributed by atoms with Gasteiger partial charge in [0.1, 0.15) is 5.51 Å². The van der Waals surface area contributed by atoms with E-state index in [1.165, 1.54) is 0 Å². The van der Waals surface area contributed by atoms with Gasteiger partial charge in [0.05, 0.1) is 0 Å². The predicted molar refractivity (Wildman–Crippen MR) is 50.6 cm³/mol. The molecular weight excluding hydrogens is 200 g/mol. The summed E-state index contributed by atoms with van der Waals surface area (Å²) >= 11 is 8.90. The maximum atomic E-state index is 5.59. The largest absolute Gasteiger partial charge is 0.174 e. The highest BCUT2D eigenvalue weighted by Gasteiger charge is 2.05. The molecule has 0 saturated heterocycles. The highest BCUT2D eigenvalue weighted by molar-refractivity contribution is 8.01. The van der Waals surface area contributed by atoms with E-state index in [4.69, 9.17) is 11.6 Å². The zero-order chi connectivity index (χ0) is 8.10. The number of halogens is 1. The lowest BCUT2D eigenvalue weighted by Crippen LogP contribution is -1.95. The topological polar surface area (TPSA) is 25.8 Å². The fourth-order valence-corrected chi connectivity index (χ4v) is 2.85. The van der Waals surface area contributed by atoms with Crippen LogP contribution in [0.5, 0.6) is 0 Å². The van der Waals surface area contributed by atoms with Gasteiger partial charge in [0.2, 0.25) is 0 Å². The van der Waals surface area contributed by atoms with Crippen LogP contribution in [0.3, 0.4) is 0 Å². The third-order valence-electron chi connectivity index (χ3n) is 1.16. The summed E-state index contributed by atoms with van der Waals surface area (Å²) in [6.45, 7) is 2.15. The van der Waals surface area contributed by atoms with Crippen LogP contribution in [0.1, 0.15) is 13.3 Å². The lowest BCUT2D eigenvalue weighted by Gasteiger charge is -2.04. The first kappa shape index (κ1) is 9.29. The van der Waals surface area contributed by atoms with Gasteiger partial charge in [-0.15, -0.1) is 21.8 Å². The van der Waals surface area contributed by atoms with Gasteiger partial charge >= 0.3 is 0 Å². The van der Waals surface area contributed by atoms with E-state index in [0.29, 0.717) is 11.1 Å². The molecule has 1 aromatic heterocycles. The fraction of sp³-hybridized carbons (Fsp3) is 0.667. The molecule has 0 amide bonds. The summed E-state index contributed by atoms with van der Waals surface area (Å²) in [5, 5.41) is 8.22. The first-order valence-corrected chi connectivity index (χ1v) is 5.61. The van der Waals surface area contributed by atoms with Gasteiger partial charge in [-0.1, -0.05) is 30.0 Å². The van der Waals surface area contributed by atoms with Crippen molar-refractivity contribution in [2.75, 3.05) is 5.88 Å². The molecular formula is C6H9ClN2S2. The smallest absolute Gasteiger partial charge is 0.146 e. The van der Waals surface area contributed by atoms with E-state index < -0.39 is 0 Å². The predicted octanol–water partition coefficient (Wildman–Crippen LogP) is 2.65. The molecule has 0 aliphatic heterocycles. The van der Waals surface area contributed by atoms with Crippen molar-refractivity contribution in [2.24, 2.45) is 0 Å². The van der Waals surface area contributed by atoms with Gasteiger partial charge in [-0.05, 0) is 6.42 Å². The Bertz CT molecular complexity index is 190. The van der Waals surface area contributed by atoms with Crippen LogP contribution in [0.15, 0.2) is 9.85 Å². The number of hydrogen-bond acceptors (Lipinski definition) is 4. The van der Waals surface area contributed by atoms with E-state index in [1.807, 2.05) is 0 Å². The molecule has 0 radical (unpaired) electrons. The van der Waals surface area contributed by atoms with E-state index in [1.54, 1.807) is 28.6 Å². The molecule has 0 aromatic carbocycles. The van der Waals surface area contributed by atoms with Crippen molar-refractivity contribution in [3.05, 3.63) is 5.51 Å². The Hall–Kier alpha value is 0.200. The van der Waals surface area contributed by atoms with Crippen molar-refractivity contribution in [3.63, 3.8) is 0 Å². The lowest BCUT2D eigenvalue weighted by atomic mass is 10.4. The minimum atomic E-state index is 0.542. The highest BCUT2D eigenvalue weighted by atomic mass is 35.5. The van der Waals surface area contributed by atoms with Crippen LogP contribution in [0.25, 0.3) is 0 Å². The fourth-order valence-electron chi connectivity index (χ4n) is 0.599. The Morgan fingerprint density at radius 1 is 1.82 bits per heavy atom. The molecule has 1 aromatic rings. The van der Waals surface area contributed by atoms with Crippen molar-refractivity contribution in [1.29, 1.82) is 0 Å². The van der Waals surface area contributed by atoms with E-state index in [9.17, 15) is 0 Å². The molecule has 0 aliphatic rings. The number of hydrogen-bond donors (Lipinski definition) is 0. The van der Waals surface area contributed by atoms with Crippen molar-refractivity contribution >= 4 is 34.7 Å². The lowest BCUT2D eigenvalue weighted by molar-refractivity contribution is 0.905. The average molecular weight is 209 g/mol. The van der Waals surface area contributed by atoms with E-state index in [0.717, 1.165) is 10.8 Å². The summed E-state index contributed by atoms with van der Waals surface area (Å²) in [6.07, 6.45) is 1.02. The third-order valence-corrected chi connectivity index (χ3v) is 3.36. The van der Waals surface area contributed by atoms with Crippen molar-refractivity contribution in [2.45, 2.75) is 22.9 Å². The quantitative estimate of drug-likeness (QED) is 0.562. The second-order valence-electron chi connectivity index (χ2n) is 2.11. The van der Waals surface area contributed by atoms with Crippen LogP contribution in [-0.2, 0) is 0 Å². The summed E-state index contributed by atoms with van der Waals surface area (Å²) in [6, 6.07) is 0. The summed E-state index contributed by atoms with van der Waals surface area (Å²) < 4.78 is 1.03. The molecule has 1 atom stereocenters. The van der Waals surface area contributed by atoms with Gasteiger partial charge in [0.25, 0.3) is 0 Å². The molecule has 0 saturated carbocycles. The van der Waals surface area contributed by atoms with Crippen LogP contribution < -0.4 is 0 Å². The monoisotopic (exact) mass is 208 g/mol. The van der Waals surface area contributed by atoms with Gasteiger partial charge in [0.15, 0.2) is 4.34 Å². The number of rotatable bonds is 4. The molecule has 5 heteroatoms. The van der Waals surface area contributed by atoms with Gasteiger partial charge in [0, 0.05) is 11.1 Å². The Morgan fingerprint density at radius 2 is 2.64 bits per heavy atom. The van der Waals surface area contributed by atoms with Crippen LogP contribution >= 0.6 is 34.7 Å². The van der Waals surface area contributed by atoms with Gasteiger partial charge in [-0.25, -0.2) is 0 Å². The Kier molecular flexibility index (Phi) is 4.18. The zero-order valence-corrected chi connectivity index (χ0v) is 8.55. The number of aromatic nitrogens is 2. The maximum Gasteiger partial charge on any atom is 0.174 e. The molecule has 0 N–H and O–H groups in total. The van der Waals surface area contributed by atoms with E-state index in [-0.39, 0.29) is 0 Å². The van der Waals surface area contributed by atoms with Crippen LogP contribution in [-0.4, -0.2) is 21.3 Å². The Labute approximate surface area is 79.4 Å². The summed E-state index contributed by atoms with van der Waals surface area (Å²) in [4.78, 5) is 0. The summed E-state index contributed by atoms with van der Waals surface area (Å²) in [7, 11) is 0. The minimum Gasteiger partial charge on any atom is -0.146 e. The number of alkyl halides is 1. The average Bonchev–Trinajstić information content (AvgIpc) is 2.40. The minimum absolute atomic E-state index is 0.542. The number of nitrogens with zero attached hydrogens (tertiary/aromatic N) is 2. The molecule has 0 aliphatic carbocycles. The first-order valence-electron chi connectivity index (χ1n) is 3.31. The maximum absolute atomic E-state index is 5.59. The Morgan fingerprint density at radius 3 is 3.18 bits per heavy atom. The molecule has 2 nitrogen and oxygen atoms in total. The summed E-state index contributed by atoms with van der Waals surface area (Å²) in [5.74, 6) is 0.715. The normalized spacial score (nSPS) is 13.3. The number of thioether (sulfide) groups is 1. The van der Waals surface area contributed by atoms with Crippen molar-refractivity contribution < 1.29 is 0 Å². The van der Waals surface area contributed by atoms with Crippen LogP contribution in [0.4, 0.5) is 0 Å². The summed E-state index contributed by atoms with van der Waals surface area (Å²) in [5.41, 5.74) is 1.75. The Balaban J connectivity index is 2.31. The third kappa shape index (κ3) is 3.40. The molecule has 62 valence electrons. The molecule has 11 heavy (non-hydrogen) atoms.